The third-order valence-electron chi connectivity index (χ3n) is 5.42. The van der Waals surface area contributed by atoms with E-state index < -0.39 is 5.97 Å². The van der Waals surface area contributed by atoms with Gasteiger partial charge in [-0.2, -0.15) is 0 Å². The summed E-state index contributed by atoms with van der Waals surface area (Å²) in [5, 5.41) is 12.5. The summed E-state index contributed by atoms with van der Waals surface area (Å²) in [5.74, 6) is 0.336. The summed E-state index contributed by atoms with van der Waals surface area (Å²) in [6.07, 6.45) is 1.45. The van der Waals surface area contributed by atoms with Gasteiger partial charge in [0.25, 0.3) is 0 Å². The minimum Gasteiger partial charge on any atom is -0.497 e. The van der Waals surface area contributed by atoms with Crippen molar-refractivity contribution in [3.05, 3.63) is 82.0 Å². The zero-order valence-electron chi connectivity index (χ0n) is 18.6. The number of methoxy groups -OCH3 is 1. The standard InChI is InChI=1S/C24H25N5O4/c1-15(2)29-22-20(28(24(29)32)13-17-4-8-18(9-5-17)23(30)31)21(26-14-27-22)25-12-16-6-10-19(33-3)11-7-16/h4-11,14-15H,12-13H2,1-3H3,(H,30,31)(H,25,26,27). The lowest BCUT2D eigenvalue weighted by Gasteiger charge is -2.10. The van der Waals surface area contributed by atoms with Gasteiger partial charge >= 0.3 is 11.7 Å². The van der Waals surface area contributed by atoms with E-state index in [-0.39, 0.29) is 23.8 Å². The third kappa shape index (κ3) is 4.43. The van der Waals surface area contributed by atoms with Gasteiger partial charge in [0.05, 0.1) is 19.2 Å². The molecule has 170 valence electrons. The van der Waals surface area contributed by atoms with Crippen LogP contribution in [0.4, 0.5) is 5.82 Å². The Morgan fingerprint density at radius 2 is 1.73 bits per heavy atom. The van der Waals surface area contributed by atoms with E-state index in [4.69, 9.17) is 9.84 Å². The second-order valence-corrected chi connectivity index (χ2v) is 7.93. The van der Waals surface area contributed by atoms with Crippen molar-refractivity contribution in [1.29, 1.82) is 0 Å². The lowest BCUT2D eigenvalue weighted by Crippen LogP contribution is -2.26. The molecule has 9 nitrogen and oxygen atoms in total. The van der Waals surface area contributed by atoms with E-state index in [9.17, 15) is 9.59 Å². The fourth-order valence-corrected chi connectivity index (χ4v) is 3.72. The van der Waals surface area contributed by atoms with Crippen molar-refractivity contribution in [3.8, 4) is 5.75 Å². The maximum atomic E-state index is 13.3. The highest BCUT2D eigenvalue weighted by atomic mass is 16.5. The van der Waals surface area contributed by atoms with E-state index in [2.05, 4.69) is 15.3 Å². The molecule has 0 atom stereocenters. The Morgan fingerprint density at radius 1 is 1.06 bits per heavy atom. The van der Waals surface area contributed by atoms with E-state index >= 15 is 0 Å². The van der Waals surface area contributed by atoms with Crippen LogP contribution in [0.3, 0.4) is 0 Å². The Morgan fingerprint density at radius 3 is 2.33 bits per heavy atom. The monoisotopic (exact) mass is 447 g/mol. The van der Waals surface area contributed by atoms with Crippen LogP contribution in [0.1, 0.15) is 41.4 Å². The first-order chi connectivity index (χ1) is 15.9. The molecule has 4 rings (SSSR count). The minimum absolute atomic E-state index is 0.0972. The molecule has 2 aromatic heterocycles. The summed E-state index contributed by atoms with van der Waals surface area (Å²) < 4.78 is 8.47. The number of nitrogens with zero attached hydrogens (tertiary/aromatic N) is 4. The number of ether oxygens (including phenoxy) is 1. The van der Waals surface area contributed by atoms with Gasteiger partial charge in [0.1, 0.15) is 17.6 Å². The number of carbonyl (C=O) groups is 1. The Kier molecular flexibility index (Phi) is 6.12. The molecule has 0 bridgehead atoms. The summed E-state index contributed by atoms with van der Waals surface area (Å²) in [6.45, 7) is 4.63. The molecule has 0 fully saturated rings. The topological polar surface area (TPSA) is 111 Å². The number of anilines is 1. The molecule has 2 aromatic carbocycles. The van der Waals surface area contributed by atoms with Crippen LogP contribution in [0.5, 0.6) is 5.75 Å². The molecular formula is C24H25N5O4. The van der Waals surface area contributed by atoms with Crippen LogP contribution >= 0.6 is 0 Å². The van der Waals surface area contributed by atoms with Gasteiger partial charge in [0, 0.05) is 12.6 Å². The van der Waals surface area contributed by atoms with Gasteiger partial charge in [-0.1, -0.05) is 24.3 Å². The zero-order valence-corrected chi connectivity index (χ0v) is 18.6. The molecule has 0 unspecified atom stereocenters. The first kappa shape index (κ1) is 22.1. The van der Waals surface area contributed by atoms with Crippen molar-refractivity contribution in [2.24, 2.45) is 0 Å². The smallest absolute Gasteiger partial charge is 0.335 e. The fraction of sp³-hybridized carbons (Fsp3) is 0.250. The van der Waals surface area contributed by atoms with Crippen molar-refractivity contribution < 1.29 is 14.6 Å². The number of benzene rings is 2. The molecule has 33 heavy (non-hydrogen) atoms. The van der Waals surface area contributed by atoms with E-state index in [1.54, 1.807) is 28.4 Å². The van der Waals surface area contributed by atoms with Gasteiger partial charge in [-0.25, -0.2) is 19.6 Å². The highest BCUT2D eigenvalue weighted by Gasteiger charge is 2.20. The van der Waals surface area contributed by atoms with Gasteiger partial charge in [-0.3, -0.25) is 9.13 Å². The molecule has 9 heteroatoms. The predicted molar refractivity (Wildman–Crippen MR) is 125 cm³/mol. The molecule has 4 aromatic rings. The first-order valence-corrected chi connectivity index (χ1v) is 10.5. The number of aromatic carboxylic acids is 1. The minimum atomic E-state index is -0.992. The van der Waals surface area contributed by atoms with Crippen LogP contribution in [0.25, 0.3) is 11.2 Å². The maximum absolute atomic E-state index is 13.3. The third-order valence-corrected chi connectivity index (χ3v) is 5.42. The van der Waals surface area contributed by atoms with Crippen LogP contribution in [0.15, 0.2) is 59.7 Å². The average Bonchev–Trinajstić information content (AvgIpc) is 3.10. The molecule has 0 saturated heterocycles. The van der Waals surface area contributed by atoms with Gasteiger partial charge in [0.15, 0.2) is 11.5 Å². The number of hydrogen-bond donors (Lipinski definition) is 2. The highest BCUT2D eigenvalue weighted by molar-refractivity contribution is 5.87. The number of fused-ring (bicyclic) bond motifs is 1. The fourth-order valence-electron chi connectivity index (χ4n) is 3.72. The lowest BCUT2D eigenvalue weighted by molar-refractivity contribution is 0.0697. The molecule has 0 saturated carbocycles. The number of nitrogens with one attached hydrogen (secondary N) is 1. The number of rotatable bonds is 8. The van der Waals surface area contributed by atoms with Gasteiger partial charge in [-0.15, -0.1) is 0 Å². The Hall–Kier alpha value is -4.14. The summed E-state index contributed by atoms with van der Waals surface area (Å²) in [7, 11) is 1.62. The summed E-state index contributed by atoms with van der Waals surface area (Å²) >= 11 is 0. The van der Waals surface area contributed by atoms with E-state index in [1.807, 2.05) is 38.1 Å². The number of carboxylic acids is 1. The van der Waals surface area contributed by atoms with E-state index in [0.717, 1.165) is 16.9 Å². The van der Waals surface area contributed by atoms with Crippen LogP contribution in [-0.4, -0.2) is 37.3 Å². The van der Waals surface area contributed by atoms with Gasteiger partial charge in [-0.05, 0) is 49.2 Å². The van der Waals surface area contributed by atoms with Crippen molar-refractivity contribution in [3.63, 3.8) is 0 Å². The normalized spacial score (nSPS) is 11.2. The van der Waals surface area contributed by atoms with Crippen molar-refractivity contribution >= 4 is 23.0 Å². The van der Waals surface area contributed by atoms with E-state index in [1.165, 1.54) is 18.5 Å². The second-order valence-electron chi connectivity index (χ2n) is 7.93. The molecule has 0 spiro atoms. The predicted octanol–water partition coefficient (Wildman–Crippen LogP) is 3.54. The summed E-state index contributed by atoms with van der Waals surface area (Å²) in [5.41, 5.74) is 2.98. The number of aromatic nitrogens is 4. The SMILES string of the molecule is COc1ccc(CNc2ncnc3c2n(Cc2ccc(C(=O)O)cc2)c(=O)n3C(C)C)cc1. The van der Waals surface area contributed by atoms with Crippen molar-refractivity contribution in [2.75, 3.05) is 12.4 Å². The number of imidazole rings is 1. The quantitative estimate of drug-likeness (QED) is 0.425. The molecule has 2 heterocycles. The molecule has 0 amide bonds. The van der Waals surface area contributed by atoms with E-state index in [0.29, 0.717) is 23.5 Å². The highest BCUT2D eigenvalue weighted by Crippen LogP contribution is 2.23. The van der Waals surface area contributed by atoms with Crippen LogP contribution in [-0.2, 0) is 13.1 Å². The van der Waals surface area contributed by atoms with Gasteiger partial charge < -0.3 is 15.2 Å². The summed E-state index contributed by atoms with van der Waals surface area (Å²) in [4.78, 5) is 33.3. The molecule has 0 aliphatic carbocycles. The Bertz CT molecular complexity index is 1340. The first-order valence-electron chi connectivity index (χ1n) is 10.5. The molecular weight excluding hydrogens is 422 g/mol. The van der Waals surface area contributed by atoms with Crippen LogP contribution in [0, 0.1) is 0 Å². The van der Waals surface area contributed by atoms with Crippen molar-refractivity contribution in [2.45, 2.75) is 33.0 Å². The van der Waals surface area contributed by atoms with Crippen LogP contribution in [0.2, 0.25) is 0 Å². The van der Waals surface area contributed by atoms with Crippen LogP contribution < -0.4 is 15.7 Å². The second kappa shape index (κ2) is 9.15. The Labute approximate surface area is 190 Å². The lowest BCUT2D eigenvalue weighted by atomic mass is 10.1. The zero-order chi connectivity index (χ0) is 23.5. The molecule has 0 aliphatic rings. The van der Waals surface area contributed by atoms with Gasteiger partial charge in [0.2, 0.25) is 0 Å². The summed E-state index contributed by atoms with van der Waals surface area (Å²) in [6, 6.07) is 14.1. The molecule has 2 N–H and O–H groups in total. The average molecular weight is 447 g/mol. The van der Waals surface area contributed by atoms with Crippen molar-refractivity contribution in [1.82, 2.24) is 19.1 Å². The molecule has 0 aliphatic heterocycles. The molecule has 0 radical (unpaired) electrons. The number of hydrogen-bond acceptors (Lipinski definition) is 6. The largest absolute Gasteiger partial charge is 0.497 e. The number of carboxylic acid groups (broad SMARTS) is 1. The maximum Gasteiger partial charge on any atom is 0.335 e. The Balaban J connectivity index is 1.73.